The minimum Gasteiger partial charge on any atom is -0.462 e. The lowest BCUT2D eigenvalue weighted by molar-refractivity contribution is 0.0949. The van der Waals surface area contributed by atoms with E-state index in [1.165, 1.54) is 11.3 Å². The van der Waals surface area contributed by atoms with Crippen LogP contribution in [-0.2, 0) is 6.42 Å². The fourth-order valence-electron chi connectivity index (χ4n) is 2.64. The predicted molar refractivity (Wildman–Crippen MR) is 108 cm³/mol. The van der Waals surface area contributed by atoms with Gasteiger partial charge in [-0.2, -0.15) is 0 Å². The Morgan fingerprint density at radius 1 is 1.11 bits per heavy atom. The van der Waals surface area contributed by atoms with E-state index in [1.807, 2.05) is 54.8 Å². The van der Waals surface area contributed by atoms with Gasteiger partial charge in [0.15, 0.2) is 10.8 Å². The Morgan fingerprint density at radius 2 is 1.96 bits per heavy atom. The highest BCUT2D eigenvalue weighted by molar-refractivity contribution is 7.15. The summed E-state index contributed by atoms with van der Waals surface area (Å²) in [6.45, 7) is 2.41. The third-order valence-corrected chi connectivity index (χ3v) is 5.91. The molecule has 27 heavy (non-hydrogen) atoms. The topological polar surface area (TPSA) is 68.0 Å². The number of aromatic nitrogens is 2. The number of furan rings is 1. The highest BCUT2D eigenvalue weighted by atomic mass is 32.1. The summed E-state index contributed by atoms with van der Waals surface area (Å²) >= 11 is 3.07. The Labute approximate surface area is 164 Å². The molecule has 4 rings (SSSR count). The van der Waals surface area contributed by atoms with Gasteiger partial charge < -0.3 is 9.73 Å². The molecule has 0 radical (unpaired) electrons. The molecule has 136 valence electrons. The summed E-state index contributed by atoms with van der Waals surface area (Å²) in [5.41, 5.74) is 2.54. The zero-order valence-corrected chi connectivity index (χ0v) is 16.3. The van der Waals surface area contributed by atoms with Crippen molar-refractivity contribution in [2.75, 3.05) is 6.54 Å². The minimum absolute atomic E-state index is 0.167. The Balaban J connectivity index is 1.36. The first-order valence-electron chi connectivity index (χ1n) is 8.50. The number of thiazole rings is 2. The molecule has 3 heterocycles. The van der Waals surface area contributed by atoms with Crippen molar-refractivity contribution in [1.82, 2.24) is 15.3 Å². The molecule has 0 aliphatic carbocycles. The third kappa shape index (κ3) is 3.99. The summed E-state index contributed by atoms with van der Waals surface area (Å²) < 4.78 is 5.35. The van der Waals surface area contributed by atoms with Crippen molar-refractivity contribution < 1.29 is 9.21 Å². The Morgan fingerprint density at radius 3 is 2.74 bits per heavy atom. The standard InChI is InChI=1S/C20H17N3O2S2/c1-13-17(23-20(27-13)16-8-5-11-25-16)18(24)21-10-9-15-12-26-19(22-15)14-6-3-2-4-7-14/h2-8,11-12H,9-10H2,1H3,(H,21,24). The van der Waals surface area contributed by atoms with Crippen molar-refractivity contribution in [2.45, 2.75) is 13.3 Å². The molecule has 1 amide bonds. The normalized spacial score (nSPS) is 10.9. The van der Waals surface area contributed by atoms with E-state index in [0.717, 1.165) is 26.1 Å². The van der Waals surface area contributed by atoms with Gasteiger partial charge in [0, 0.05) is 28.8 Å². The van der Waals surface area contributed by atoms with Gasteiger partial charge in [0.1, 0.15) is 10.7 Å². The molecule has 0 aliphatic heterocycles. The molecule has 0 bridgehead atoms. The molecule has 0 atom stereocenters. The number of hydrogen-bond acceptors (Lipinski definition) is 6. The smallest absolute Gasteiger partial charge is 0.271 e. The molecular weight excluding hydrogens is 378 g/mol. The van der Waals surface area contributed by atoms with Crippen LogP contribution in [0.1, 0.15) is 21.1 Å². The van der Waals surface area contributed by atoms with Crippen molar-refractivity contribution in [2.24, 2.45) is 0 Å². The van der Waals surface area contributed by atoms with Gasteiger partial charge in [0.25, 0.3) is 5.91 Å². The lowest BCUT2D eigenvalue weighted by Crippen LogP contribution is -2.26. The molecule has 0 spiro atoms. The number of amides is 1. The summed E-state index contributed by atoms with van der Waals surface area (Å²) in [7, 11) is 0. The number of nitrogens with zero attached hydrogens (tertiary/aromatic N) is 2. The van der Waals surface area contributed by atoms with E-state index < -0.39 is 0 Å². The van der Waals surface area contributed by atoms with Gasteiger partial charge in [0.2, 0.25) is 0 Å². The van der Waals surface area contributed by atoms with Crippen LogP contribution >= 0.6 is 22.7 Å². The number of benzene rings is 1. The number of carbonyl (C=O) groups is 1. The second-order valence-corrected chi connectivity index (χ2v) is 7.98. The number of nitrogens with one attached hydrogen (secondary N) is 1. The zero-order chi connectivity index (χ0) is 18.6. The molecule has 0 fully saturated rings. The third-order valence-electron chi connectivity index (χ3n) is 3.98. The van der Waals surface area contributed by atoms with Crippen LogP contribution in [0.4, 0.5) is 0 Å². The van der Waals surface area contributed by atoms with Crippen LogP contribution in [0.3, 0.4) is 0 Å². The molecule has 0 saturated carbocycles. The van der Waals surface area contributed by atoms with E-state index in [2.05, 4.69) is 15.3 Å². The van der Waals surface area contributed by atoms with Gasteiger partial charge in [-0.3, -0.25) is 4.79 Å². The van der Waals surface area contributed by atoms with Crippen molar-refractivity contribution in [3.63, 3.8) is 0 Å². The number of hydrogen-bond donors (Lipinski definition) is 1. The zero-order valence-electron chi connectivity index (χ0n) is 14.6. The number of aryl methyl sites for hydroxylation is 1. The molecular formula is C20H17N3O2S2. The van der Waals surface area contributed by atoms with Crippen LogP contribution < -0.4 is 5.32 Å². The van der Waals surface area contributed by atoms with E-state index in [0.29, 0.717) is 24.4 Å². The first-order valence-corrected chi connectivity index (χ1v) is 10.2. The van der Waals surface area contributed by atoms with E-state index in [9.17, 15) is 4.79 Å². The summed E-state index contributed by atoms with van der Waals surface area (Å²) in [6.07, 6.45) is 2.28. The molecule has 0 aliphatic rings. The number of rotatable bonds is 6. The molecule has 7 heteroatoms. The van der Waals surface area contributed by atoms with E-state index in [1.54, 1.807) is 17.6 Å². The van der Waals surface area contributed by atoms with Gasteiger partial charge in [0.05, 0.1) is 12.0 Å². The first-order chi connectivity index (χ1) is 13.2. The second-order valence-electron chi connectivity index (χ2n) is 5.92. The van der Waals surface area contributed by atoms with Gasteiger partial charge in [-0.15, -0.1) is 22.7 Å². The van der Waals surface area contributed by atoms with E-state index >= 15 is 0 Å². The van der Waals surface area contributed by atoms with Gasteiger partial charge in [-0.1, -0.05) is 30.3 Å². The molecule has 0 unspecified atom stereocenters. The summed E-state index contributed by atoms with van der Waals surface area (Å²) in [4.78, 5) is 22.4. The van der Waals surface area contributed by atoms with Crippen LogP contribution in [-0.4, -0.2) is 22.4 Å². The maximum Gasteiger partial charge on any atom is 0.271 e. The molecule has 1 N–H and O–H groups in total. The molecule has 0 saturated heterocycles. The predicted octanol–water partition coefficient (Wildman–Crippen LogP) is 4.81. The van der Waals surface area contributed by atoms with Gasteiger partial charge in [-0.05, 0) is 19.1 Å². The largest absolute Gasteiger partial charge is 0.462 e. The average molecular weight is 396 g/mol. The molecule has 1 aromatic carbocycles. The van der Waals surface area contributed by atoms with Gasteiger partial charge >= 0.3 is 0 Å². The van der Waals surface area contributed by atoms with Crippen LogP contribution in [0.25, 0.3) is 21.3 Å². The van der Waals surface area contributed by atoms with Crippen LogP contribution in [0, 0.1) is 6.92 Å². The second kappa shape index (κ2) is 7.85. The monoisotopic (exact) mass is 395 g/mol. The number of carbonyl (C=O) groups excluding carboxylic acids is 1. The first kappa shape index (κ1) is 17.6. The minimum atomic E-state index is -0.167. The van der Waals surface area contributed by atoms with Crippen molar-refractivity contribution in [1.29, 1.82) is 0 Å². The summed E-state index contributed by atoms with van der Waals surface area (Å²) in [6, 6.07) is 13.7. The Kier molecular flexibility index (Phi) is 5.13. The molecule has 5 nitrogen and oxygen atoms in total. The molecule has 3 aromatic heterocycles. The van der Waals surface area contributed by atoms with E-state index in [-0.39, 0.29) is 5.91 Å². The van der Waals surface area contributed by atoms with Crippen LogP contribution in [0.15, 0.2) is 58.5 Å². The average Bonchev–Trinajstić information content (AvgIpc) is 3.43. The fourth-order valence-corrected chi connectivity index (χ4v) is 4.37. The quantitative estimate of drug-likeness (QED) is 0.509. The highest BCUT2D eigenvalue weighted by Gasteiger charge is 2.17. The highest BCUT2D eigenvalue weighted by Crippen LogP contribution is 2.28. The van der Waals surface area contributed by atoms with Crippen molar-refractivity contribution >= 4 is 28.6 Å². The van der Waals surface area contributed by atoms with Crippen LogP contribution in [0.5, 0.6) is 0 Å². The SMILES string of the molecule is Cc1sc(-c2ccco2)nc1C(=O)NCCc1csc(-c2ccccc2)n1. The lowest BCUT2D eigenvalue weighted by atomic mass is 10.2. The van der Waals surface area contributed by atoms with Crippen LogP contribution in [0.2, 0.25) is 0 Å². The van der Waals surface area contributed by atoms with Crippen molar-refractivity contribution in [3.8, 4) is 21.3 Å². The summed E-state index contributed by atoms with van der Waals surface area (Å²) in [5.74, 6) is 0.512. The van der Waals surface area contributed by atoms with Crippen molar-refractivity contribution in [3.05, 3.63) is 70.4 Å². The summed E-state index contributed by atoms with van der Waals surface area (Å²) in [5, 5.41) is 6.69. The maximum absolute atomic E-state index is 12.4. The van der Waals surface area contributed by atoms with E-state index in [4.69, 9.17) is 4.42 Å². The lowest BCUT2D eigenvalue weighted by Gasteiger charge is -2.02. The fraction of sp³-hybridized carbons (Fsp3) is 0.150. The Bertz CT molecular complexity index is 1040. The maximum atomic E-state index is 12.4. The Hall–Kier alpha value is -2.77. The van der Waals surface area contributed by atoms with Gasteiger partial charge in [-0.25, -0.2) is 9.97 Å². The molecule has 4 aromatic rings.